The third-order valence-corrected chi connectivity index (χ3v) is 4.88. The Hall–Kier alpha value is -1.07. The van der Waals surface area contributed by atoms with Crippen molar-refractivity contribution in [2.75, 3.05) is 19.6 Å². The van der Waals surface area contributed by atoms with E-state index in [0.717, 1.165) is 36.9 Å². The summed E-state index contributed by atoms with van der Waals surface area (Å²) in [4.78, 5) is 2.51. The van der Waals surface area contributed by atoms with E-state index in [2.05, 4.69) is 59.1 Å². The van der Waals surface area contributed by atoms with Gasteiger partial charge in [-0.2, -0.15) is 5.10 Å². The molecule has 1 saturated heterocycles. The van der Waals surface area contributed by atoms with Crippen LogP contribution in [-0.4, -0.2) is 34.3 Å². The molecule has 0 saturated carbocycles. The van der Waals surface area contributed by atoms with Crippen LogP contribution in [-0.2, 0) is 6.54 Å². The minimum Gasteiger partial charge on any atom is -0.314 e. The molecule has 1 aliphatic heterocycles. The highest BCUT2D eigenvalue weighted by Gasteiger charge is 2.26. The molecule has 1 fully saturated rings. The Balaban J connectivity index is 0.00000208. The highest BCUT2D eigenvalue weighted by Crippen LogP contribution is 2.30. The van der Waals surface area contributed by atoms with Crippen LogP contribution in [0.15, 0.2) is 30.5 Å². The molecule has 2 heterocycles. The van der Waals surface area contributed by atoms with E-state index in [0.29, 0.717) is 12.1 Å². The van der Waals surface area contributed by atoms with Gasteiger partial charge in [0.2, 0.25) is 0 Å². The predicted octanol–water partition coefficient (Wildman–Crippen LogP) is 3.99. The monoisotopic (exact) mass is 368 g/mol. The van der Waals surface area contributed by atoms with Crippen molar-refractivity contribution < 1.29 is 0 Å². The first-order chi connectivity index (χ1) is 11.1. The van der Waals surface area contributed by atoms with Crippen LogP contribution in [0.1, 0.15) is 42.8 Å². The lowest BCUT2D eigenvalue weighted by Crippen LogP contribution is -2.45. The van der Waals surface area contributed by atoms with Crippen molar-refractivity contribution in [3.05, 3.63) is 52.3 Å². The molecule has 2 aromatic rings. The number of nitrogens with one attached hydrogen (secondary N) is 1. The minimum absolute atomic E-state index is 0. The number of benzene rings is 1. The lowest BCUT2D eigenvalue weighted by Gasteiger charge is -2.36. The first-order valence-electron chi connectivity index (χ1n) is 8.30. The Morgan fingerprint density at radius 1 is 1.33 bits per heavy atom. The fraction of sp³-hybridized carbons (Fsp3) is 0.500. The maximum atomic E-state index is 6.43. The number of nitrogens with zero attached hydrogens (tertiary/aromatic N) is 3. The van der Waals surface area contributed by atoms with Crippen LogP contribution in [0, 0.1) is 6.92 Å². The third-order valence-electron chi connectivity index (χ3n) is 4.54. The summed E-state index contributed by atoms with van der Waals surface area (Å²) in [5.74, 6) is 0. The van der Waals surface area contributed by atoms with E-state index >= 15 is 0 Å². The van der Waals surface area contributed by atoms with Crippen LogP contribution < -0.4 is 5.32 Å². The Morgan fingerprint density at radius 2 is 2.08 bits per heavy atom. The molecule has 0 amide bonds. The number of hydrogen-bond acceptors (Lipinski definition) is 3. The van der Waals surface area contributed by atoms with Crippen LogP contribution in [0.25, 0.3) is 0 Å². The lowest BCUT2D eigenvalue weighted by atomic mass is 10.0. The predicted molar refractivity (Wildman–Crippen MR) is 102 cm³/mol. The maximum absolute atomic E-state index is 6.43. The van der Waals surface area contributed by atoms with E-state index in [9.17, 15) is 0 Å². The van der Waals surface area contributed by atoms with Gasteiger partial charge in [0.05, 0.1) is 5.69 Å². The van der Waals surface area contributed by atoms with Crippen molar-refractivity contribution in [1.82, 2.24) is 20.0 Å². The van der Waals surface area contributed by atoms with Crippen molar-refractivity contribution in [2.45, 2.75) is 39.4 Å². The summed E-state index contributed by atoms with van der Waals surface area (Å²) in [5, 5.41) is 8.98. The molecule has 1 aromatic carbocycles. The summed E-state index contributed by atoms with van der Waals surface area (Å²) in [6.07, 6.45) is 2.19. The number of aryl methyl sites for hydroxylation is 1. The van der Waals surface area contributed by atoms with Crippen LogP contribution in [0.5, 0.6) is 0 Å². The number of rotatable bonds is 4. The van der Waals surface area contributed by atoms with Gasteiger partial charge in [-0.05, 0) is 32.4 Å². The quantitative estimate of drug-likeness (QED) is 0.885. The molecule has 0 spiro atoms. The fourth-order valence-electron chi connectivity index (χ4n) is 3.15. The van der Waals surface area contributed by atoms with Crippen LogP contribution in [0.2, 0.25) is 5.02 Å². The van der Waals surface area contributed by atoms with E-state index in [4.69, 9.17) is 11.6 Å². The third kappa shape index (κ3) is 4.12. The first-order valence-corrected chi connectivity index (χ1v) is 8.68. The normalized spacial score (nSPS) is 18.6. The molecule has 1 aromatic heterocycles. The van der Waals surface area contributed by atoms with E-state index in [1.807, 2.05) is 12.1 Å². The zero-order chi connectivity index (χ0) is 16.4. The topological polar surface area (TPSA) is 33.1 Å². The van der Waals surface area contributed by atoms with Gasteiger partial charge in [0, 0.05) is 55.0 Å². The van der Waals surface area contributed by atoms with Crippen molar-refractivity contribution >= 4 is 24.0 Å². The van der Waals surface area contributed by atoms with Crippen molar-refractivity contribution in [3.8, 4) is 0 Å². The van der Waals surface area contributed by atoms with Gasteiger partial charge in [0.15, 0.2) is 0 Å². The second kappa shape index (κ2) is 8.34. The van der Waals surface area contributed by atoms with Crippen molar-refractivity contribution in [3.63, 3.8) is 0 Å². The SMILES string of the molecule is Cc1nn(C(C)C)cc1CN1CCNCC1c1ccccc1Cl.Cl. The highest BCUT2D eigenvalue weighted by molar-refractivity contribution is 6.31. The van der Waals surface area contributed by atoms with Crippen molar-refractivity contribution in [1.29, 1.82) is 0 Å². The van der Waals surface area contributed by atoms with Gasteiger partial charge in [0.25, 0.3) is 0 Å². The molecule has 0 aliphatic carbocycles. The minimum atomic E-state index is 0. The van der Waals surface area contributed by atoms with Gasteiger partial charge in [-0.25, -0.2) is 0 Å². The highest BCUT2D eigenvalue weighted by atomic mass is 35.5. The van der Waals surface area contributed by atoms with Gasteiger partial charge < -0.3 is 5.32 Å². The van der Waals surface area contributed by atoms with Crippen LogP contribution in [0.4, 0.5) is 0 Å². The summed E-state index contributed by atoms with van der Waals surface area (Å²) in [5.41, 5.74) is 3.63. The number of aromatic nitrogens is 2. The summed E-state index contributed by atoms with van der Waals surface area (Å²) < 4.78 is 2.05. The second-order valence-corrected chi connectivity index (χ2v) is 6.93. The molecular formula is C18H26Cl2N4. The summed E-state index contributed by atoms with van der Waals surface area (Å²) in [6, 6.07) is 8.87. The molecule has 24 heavy (non-hydrogen) atoms. The molecule has 6 heteroatoms. The molecule has 1 unspecified atom stereocenters. The zero-order valence-electron chi connectivity index (χ0n) is 14.5. The molecule has 3 rings (SSSR count). The standard InChI is InChI=1S/C18H25ClN4.ClH/c1-13(2)23-12-15(14(3)21-23)11-22-9-8-20-10-18(22)16-6-4-5-7-17(16)19;/h4-7,12-13,18,20H,8-11H2,1-3H3;1H. The fourth-order valence-corrected chi connectivity index (χ4v) is 3.41. The average Bonchev–Trinajstić information content (AvgIpc) is 2.90. The zero-order valence-corrected chi connectivity index (χ0v) is 16.1. The smallest absolute Gasteiger partial charge is 0.0638 e. The largest absolute Gasteiger partial charge is 0.314 e. The lowest BCUT2D eigenvalue weighted by molar-refractivity contribution is 0.153. The Bertz CT molecular complexity index is 669. The van der Waals surface area contributed by atoms with Crippen LogP contribution in [0.3, 0.4) is 0 Å². The van der Waals surface area contributed by atoms with E-state index in [-0.39, 0.29) is 12.4 Å². The molecule has 1 N–H and O–H groups in total. The average molecular weight is 369 g/mol. The number of hydrogen-bond donors (Lipinski definition) is 1. The number of halogens is 2. The van der Waals surface area contributed by atoms with E-state index in [1.165, 1.54) is 11.1 Å². The molecule has 4 nitrogen and oxygen atoms in total. The van der Waals surface area contributed by atoms with Gasteiger partial charge in [-0.3, -0.25) is 9.58 Å². The molecule has 1 atom stereocenters. The summed E-state index contributed by atoms with van der Waals surface area (Å²) in [7, 11) is 0. The van der Waals surface area contributed by atoms with Gasteiger partial charge in [-0.15, -0.1) is 12.4 Å². The Labute approximate surface area is 155 Å². The second-order valence-electron chi connectivity index (χ2n) is 6.53. The van der Waals surface area contributed by atoms with Crippen molar-refractivity contribution in [2.24, 2.45) is 0 Å². The molecular weight excluding hydrogens is 343 g/mol. The Morgan fingerprint density at radius 3 is 2.75 bits per heavy atom. The van der Waals surface area contributed by atoms with E-state index in [1.54, 1.807) is 0 Å². The molecule has 0 radical (unpaired) electrons. The molecule has 132 valence electrons. The number of piperazine rings is 1. The first kappa shape index (κ1) is 19.3. The van der Waals surface area contributed by atoms with Crippen LogP contribution >= 0.6 is 24.0 Å². The van der Waals surface area contributed by atoms with E-state index < -0.39 is 0 Å². The summed E-state index contributed by atoms with van der Waals surface area (Å²) in [6.45, 7) is 10.3. The molecule has 1 aliphatic rings. The maximum Gasteiger partial charge on any atom is 0.0638 e. The van der Waals surface area contributed by atoms with Gasteiger partial charge in [0.1, 0.15) is 0 Å². The Kier molecular flexibility index (Phi) is 6.70. The molecule has 0 bridgehead atoms. The van der Waals surface area contributed by atoms with Gasteiger partial charge in [-0.1, -0.05) is 29.8 Å². The summed E-state index contributed by atoms with van der Waals surface area (Å²) >= 11 is 6.43. The van der Waals surface area contributed by atoms with Gasteiger partial charge >= 0.3 is 0 Å².